The van der Waals surface area contributed by atoms with Crippen molar-refractivity contribution in [3.8, 4) is 0 Å². The molecule has 1 aromatic heterocycles. The van der Waals surface area contributed by atoms with Gasteiger partial charge in [0, 0.05) is 19.3 Å². The van der Waals surface area contributed by atoms with Crippen LogP contribution < -0.4 is 5.32 Å². The second kappa shape index (κ2) is 7.96. The second-order valence-corrected chi connectivity index (χ2v) is 5.34. The van der Waals surface area contributed by atoms with Crippen LogP contribution in [0, 0.1) is 0 Å². The van der Waals surface area contributed by atoms with E-state index in [1.165, 1.54) is 5.56 Å². The Labute approximate surface area is 126 Å². The van der Waals surface area contributed by atoms with Crippen LogP contribution in [0.3, 0.4) is 0 Å². The van der Waals surface area contributed by atoms with Crippen LogP contribution in [0.1, 0.15) is 49.6 Å². The molecule has 4 nitrogen and oxygen atoms in total. The highest BCUT2D eigenvalue weighted by Gasteiger charge is 2.07. The molecule has 0 saturated heterocycles. The fraction of sp³-hybridized carbons (Fsp3) is 0.471. The van der Waals surface area contributed by atoms with E-state index in [4.69, 9.17) is 5.11 Å². The lowest BCUT2D eigenvalue weighted by Crippen LogP contribution is -2.14. The average Bonchev–Trinajstić information content (AvgIpc) is 2.98. The first-order valence-electron chi connectivity index (χ1n) is 7.70. The maximum Gasteiger partial charge on any atom is 0.0762 e. The van der Waals surface area contributed by atoms with Crippen LogP contribution in [-0.2, 0) is 19.7 Å². The van der Waals surface area contributed by atoms with Crippen molar-refractivity contribution in [1.82, 2.24) is 15.1 Å². The van der Waals surface area contributed by atoms with E-state index in [2.05, 4.69) is 41.2 Å². The highest BCUT2D eigenvalue weighted by molar-refractivity contribution is 5.21. The van der Waals surface area contributed by atoms with Crippen molar-refractivity contribution < 1.29 is 5.11 Å². The van der Waals surface area contributed by atoms with Crippen LogP contribution in [0.2, 0.25) is 0 Å². The van der Waals surface area contributed by atoms with Gasteiger partial charge in [-0.05, 0) is 30.0 Å². The molecule has 1 heterocycles. The summed E-state index contributed by atoms with van der Waals surface area (Å²) in [5, 5.41) is 17.1. The van der Waals surface area contributed by atoms with Crippen molar-refractivity contribution in [3.05, 3.63) is 53.3 Å². The van der Waals surface area contributed by atoms with Gasteiger partial charge in [0.25, 0.3) is 0 Å². The molecule has 0 amide bonds. The molecule has 0 aliphatic rings. The number of hydrogen-bond acceptors (Lipinski definition) is 3. The summed E-state index contributed by atoms with van der Waals surface area (Å²) in [6.45, 7) is 6.08. The van der Waals surface area contributed by atoms with Crippen LogP contribution in [-0.4, -0.2) is 14.9 Å². The Bertz CT molecular complexity index is 529. The average molecular weight is 287 g/mol. The summed E-state index contributed by atoms with van der Waals surface area (Å²) in [4.78, 5) is 0. The van der Waals surface area contributed by atoms with E-state index >= 15 is 0 Å². The Kier molecular flexibility index (Phi) is 5.96. The first-order chi connectivity index (χ1) is 10.3. The number of hydrogen-bond donors (Lipinski definition) is 2. The van der Waals surface area contributed by atoms with Gasteiger partial charge in [-0.15, -0.1) is 0 Å². The fourth-order valence-electron chi connectivity index (χ4n) is 2.44. The fourth-order valence-corrected chi connectivity index (χ4v) is 2.44. The van der Waals surface area contributed by atoms with Crippen LogP contribution >= 0.6 is 0 Å². The van der Waals surface area contributed by atoms with Crippen molar-refractivity contribution in [3.63, 3.8) is 0 Å². The van der Waals surface area contributed by atoms with E-state index in [1.807, 2.05) is 24.3 Å². The van der Waals surface area contributed by atoms with E-state index in [0.717, 1.165) is 37.2 Å². The maximum atomic E-state index is 9.01. The molecule has 0 spiro atoms. The van der Waals surface area contributed by atoms with Gasteiger partial charge in [-0.2, -0.15) is 5.10 Å². The summed E-state index contributed by atoms with van der Waals surface area (Å²) in [6.07, 6.45) is 4.30. The molecule has 4 heteroatoms. The number of aliphatic hydroxyl groups is 1. The van der Waals surface area contributed by atoms with Crippen LogP contribution in [0.4, 0.5) is 0 Å². The first-order valence-corrected chi connectivity index (χ1v) is 7.70. The number of rotatable bonds is 8. The van der Waals surface area contributed by atoms with Gasteiger partial charge in [0.1, 0.15) is 0 Å². The van der Waals surface area contributed by atoms with Gasteiger partial charge >= 0.3 is 0 Å². The van der Waals surface area contributed by atoms with Gasteiger partial charge in [0.05, 0.1) is 18.3 Å². The minimum atomic E-state index is 0.0984. The Balaban J connectivity index is 1.82. The summed E-state index contributed by atoms with van der Waals surface area (Å²) in [5.41, 5.74) is 3.24. The zero-order valence-electron chi connectivity index (χ0n) is 12.9. The minimum Gasteiger partial charge on any atom is -0.392 e. The van der Waals surface area contributed by atoms with Crippen molar-refractivity contribution in [2.24, 2.45) is 0 Å². The smallest absolute Gasteiger partial charge is 0.0762 e. The quantitative estimate of drug-likeness (QED) is 0.784. The van der Waals surface area contributed by atoms with Gasteiger partial charge in [-0.25, -0.2) is 0 Å². The molecule has 0 atom stereocenters. The summed E-state index contributed by atoms with van der Waals surface area (Å²) in [5.74, 6) is 0. The largest absolute Gasteiger partial charge is 0.392 e. The highest BCUT2D eigenvalue weighted by Crippen LogP contribution is 2.14. The zero-order valence-corrected chi connectivity index (χ0v) is 12.9. The molecular weight excluding hydrogens is 262 g/mol. The van der Waals surface area contributed by atoms with E-state index in [0.29, 0.717) is 6.04 Å². The molecule has 0 unspecified atom stereocenters. The van der Waals surface area contributed by atoms with Crippen LogP contribution in [0.5, 0.6) is 0 Å². The highest BCUT2D eigenvalue weighted by atomic mass is 16.3. The second-order valence-electron chi connectivity index (χ2n) is 5.34. The third-order valence-electron chi connectivity index (χ3n) is 3.82. The summed E-state index contributed by atoms with van der Waals surface area (Å²) >= 11 is 0. The zero-order chi connectivity index (χ0) is 15.1. The van der Waals surface area contributed by atoms with Crippen molar-refractivity contribution in [2.75, 3.05) is 0 Å². The van der Waals surface area contributed by atoms with Gasteiger partial charge in [-0.3, -0.25) is 4.68 Å². The predicted octanol–water partition coefficient (Wildman–Crippen LogP) is 3.03. The molecule has 1 aromatic carbocycles. The normalized spacial score (nSPS) is 11.2. The first kappa shape index (κ1) is 15.7. The number of nitrogens with zero attached hydrogens (tertiary/aromatic N) is 2. The molecule has 2 aromatic rings. The molecule has 0 bridgehead atoms. The Morgan fingerprint density at radius 2 is 1.71 bits per heavy atom. The summed E-state index contributed by atoms with van der Waals surface area (Å²) in [6, 6.07) is 10.6. The van der Waals surface area contributed by atoms with Gasteiger partial charge in [0.2, 0.25) is 0 Å². The number of benzene rings is 1. The number of aliphatic hydroxyl groups excluding tert-OH is 1. The van der Waals surface area contributed by atoms with E-state index in [1.54, 1.807) is 0 Å². The molecule has 0 saturated carbocycles. The van der Waals surface area contributed by atoms with E-state index in [9.17, 15) is 0 Å². The molecule has 0 radical (unpaired) electrons. The summed E-state index contributed by atoms with van der Waals surface area (Å²) < 4.78 is 2.08. The van der Waals surface area contributed by atoms with Gasteiger partial charge in [-0.1, -0.05) is 38.1 Å². The Hall–Kier alpha value is -1.65. The Morgan fingerprint density at radius 3 is 2.33 bits per heavy atom. The molecular formula is C17H25N3O. The molecule has 114 valence electrons. The standard InChI is InChI=1S/C17H25N3O/c1-3-17(4-2)20-10-9-16(19-20)12-18-11-14-5-7-15(13-21)8-6-14/h5-10,17-18,21H,3-4,11-13H2,1-2H3. The minimum absolute atomic E-state index is 0.0984. The van der Waals surface area contributed by atoms with Crippen molar-refractivity contribution in [2.45, 2.75) is 52.4 Å². The third kappa shape index (κ3) is 4.41. The van der Waals surface area contributed by atoms with Crippen molar-refractivity contribution in [1.29, 1.82) is 0 Å². The third-order valence-corrected chi connectivity index (χ3v) is 3.82. The van der Waals surface area contributed by atoms with E-state index in [-0.39, 0.29) is 6.61 Å². The molecule has 21 heavy (non-hydrogen) atoms. The number of nitrogens with one attached hydrogen (secondary N) is 1. The lowest BCUT2D eigenvalue weighted by Gasteiger charge is -2.12. The molecule has 2 N–H and O–H groups in total. The summed E-state index contributed by atoms with van der Waals surface area (Å²) in [7, 11) is 0. The van der Waals surface area contributed by atoms with E-state index < -0.39 is 0 Å². The lowest BCUT2D eigenvalue weighted by molar-refractivity contribution is 0.282. The molecule has 2 rings (SSSR count). The number of aromatic nitrogens is 2. The van der Waals surface area contributed by atoms with Crippen LogP contribution in [0.15, 0.2) is 36.5 Å². The van der Waals surface area contributed by atoms with Gasteiger partial charge in [0.15, 0.2) is 0 Å². The lowest BCUT2D eigenvalue weighted by atomic mass is 10.1. The van der Waals surface area contributed by atoms with Crippen LogP contribution in [0.25, 0.3) is 0 Å². The van der Waals surface area contributed by atoms with Crippen molar-refractivity contribution >= 4 is 0 Å². The maximum absolute atomic E-state index is 9.01. The monoisotopic (exact) mass is 287 g/mol. The SMILES string of the molecule is CCC(CC)n1ccc(CNCc2ccc(CO)cc2)n1. The topological polar surface area (TPSA) is 50.1 Å². The molecule has 0 aliphatic heterocycles. The Morgan fingerprint density at radius 1 is 1.05 bits per heavy atom. The predicted molar refractivity (Wildman–Crippen MR) is 84.8 cm³/mol. The molecule has 0 fully saturated rings. The van der Waals surface area contributed by atoms with Gasteiger partial charge < -0.3 is 10.4 Å². The molecule has 0 aliphatic carbocycles.